The van der Waals surface area contributed by atoms with Gasteiger partial charge in [0.2, 0.25) is 5.91 Å². The summed E-state index contributed by atoms with van der Waals surface area (Å²) < 4.78 is 0. The summed E-state index contributed by atoms with van der Waals surface area (Å²) in [7, 11) is 0. The van der Waals surface area contributed by atoms with E-state index in [0.29, 0.717) is 11.4 Å². The number of carbonyl (C=O) groups excluding carboxylic acids is 2. The molecule has 0 radical (unpaired) electrons. The molecule has 6 heteroatoms. The van der Waals surface area contributed by atoms with Crippen LogP contribution >= 0.6 is 22.7 Å². The normalized spacial score (nSPS) is 15.4. The minimum Gasteiger partial charge on any atom is -0.349 e. The Labute approximate surface area is 191 Å². The van der Waals surface area contributed by atoms with Gasteiger partial charge in [-0.05, 0) is 48.2 Å². The van der Waals surface area contributed by atoms with Crippen molar-refractivity contribution in [2.75, 3.05) is 0 Å². The molecule has 1 fully saturated rings. The molecule has 1 aromatic carbocycles. The van der Waals surface area contributed by atoms with Gasteiger partial charge in [-0.3, -0.25) is 9.59 Å². The molecule has 2 amide bonds. The Morgan fingerprint density at radius 2 is 1.71 bits per heavy atom. The molecular formula is C25H28N2O2S2. The van der Waals surface area contributed by atoms with Gasteiger partial charge in [-0.25, -0.2) is 0 Å². The Morgan fingerprint density at radius 3 is 2.35 bits per heavy atom. The number of amides is 2. The van der Waals surface area contributed by atoms with Crippen molar-refractivity contribution in [1.82, 2.24) is 10.2 Å². The summed E-state index contributed by atoms with van der Waals surface area (Å²) in [6, 6.07) is 15.2. The second kappa shape index (κ2) is 10.2. The van der Waals surface area contributed by atoms with Crippen molar-refractivity contribution in [2.45, 2.75) is 57.7 Å². The number of hydrogen-bond donors (Lipinski definition) is 1. The third kappa shape index (κ3) is 5.25. The van der Waals surface area contributed by atoms with Crippen LogP contribution in [0, 0.1) is 6.92 Å². The van der Waals surface area contributed by atoms with Crippen molar-refractivity contribution in [2.24, 2.45) is 0 Å². The molecule has 4 rings (SSSR count). The quantitative estimate of drug-likeness (QED) is 0.481. The van der Waals surface area contributed by atoms with Crippen LogP contribution in [-0.4, -0.2) is 22.8 Å². The zero-order valence-electron chi connectivity index (χ0n) is 17.8. The SMILES string of the molecule is Cc1ccc([C@H](C(=O)NCc2cccs2)N(C(=O)c2cccs2)C2CCCCC2)cc1. The fraction of sp³-hybridized carbons (Fsp3) is 0.360. The molecule has 0 aliphatic heterocycles. The molecule has 3 aromatic rings. The fourth-order valence-electron chi connectivity index (χ4n) is 4.25. The molecule has 2 aromatic heterocycles. The standard InChI is InChI=1S/C25H28N2O2S2/c1-18-11-13-19(14-12-18)23(24(28)26-17-21-9-5-15-30-21)27(20-7-3-2-4-8-20)25(29)22-10-6-16-31-22/h5-6,9-16,20,23H,2-4,7-8,17H2,1H3,(H,26,28)/t23-/m1/s1. The minimum absolute atomic E-state index is 0.0428. The molecular weight excluding hydrogens is 424 g/mol. The molecule has 1 aliphatic rings. The largest absolute Gasteiger partial charge is 0.349 e. The highest BCUT2D eigenvalue weighted by atomic mass is 32.1. The number of thiophene rings is 2. The minimum atomic E-state index is -0.640. The number of aryl methyl sites for hydroxylation is 1. The summed E-state index contributed by atoms with van der Waals surface area (Å²) in [5.74, 6) is -0.161. The van der Waals surface area contributed by atoms with E-state index in [0.717, 1.165) is 41.7 Å². The third-order valence-electron chi connectivity index (χ3n) is 5.87. The van der Waals surface area contributed by atoms with Crippen LogP contribution in [0.4, 0.5) is 0 Å². The van der Waals surface area contributed by atoms with E-state index in [1.54, 1.807) is 11.3 Å². The van der Waals surface area contributed by atoms with Gasteiger partial charge < -0.3 is 10.2 Å². The van der Waals surface area contributed by atoms with Crippen molar-refractivity contribution < 1.29 is 9.59 Å². The van der Waals surface area contributed by atoms with Crippen molar-refractivity contribution in [3.8, 4) is 0 Å². The van der Waals surface area contributed by atoms with Crippen LogP contribution in [0.5, 0.6) is 0 Å². The smallest absolute Gasteiger partial charge is 0.265 e. The second-order valence-electron chi connectivity index (χ2n) is 8.09. The van der Waals surface area contributed by atoms with E-state index in [4.69, 9.17) is 0 Å². The van der Waals surface area contributed by atoms with E-state index >= 15 is 0 Å². The average molecular weight is 453 g/mol. The molecule has 0 saturated heterocycles. The maximum atomic E-state index is 13.7. The first-order valence-corrected chi connectivity index (χ1v) is 12.6. The van der Waals surface area contributed by atoms with Crippen LogP contribution in [-0.2, 0) is 11.3 Å². The summed E-state index contributed by atoms with van der Waals surface area (Å²) in [6.45, 7) is 2.51. The molecule has 2 heterocycles. The van der Waals surface area contributed by atoms with Gasteiger partial charge in [-0.15, -0.1) is 22.7 Å². The summed E-state index contributed by atoms with van der Waals surface area (Å²) >= 11 is 3.06. The number of rotatable bonds is 7. The summed E-state index contributed by atoms with van der Waals surface area (Å²) in [5, 5.41) is 7.03. The number of carbonyl (C=O) groups is 2. The summed E-state index contributed by atoms with van der Waals surface area (Å²) in [6.07, 6.45) is 5.26. The average Bonchev–Trinajstić information content (AvgIpc) is 3.51. The number of nitrogens with one attached hydrogen (secondary N) is 1. The molecule has 4 nitrogen and oxygen atoms in total. The van der Waals surface area contributed by atoms with Crippen LogP contribution in [0.1, 0.15) is 63.8 Å². The first-order valence-electron chi connectivity index (χ1n) is 10.9. The van der Waals surface area contributed by atoms with Gasteiger partial charge in [-0.1, -0.05) is 61.2 Å². The van der Waals surface area contributed by atoms with Crippen LogP contribution in [0.2, 0.25) is 0 Å². The maximum absolute atomic E-state index is 13.7. The zero-order valence-corrected chi connectivity index (χ0v) is 19.4. The predicted octanol–water partition coefficient (Wildman–Crippen LogP) is 5.95. The molecule has 31 heavy (non-hydrogen) atoms. The van der Waals surface area contributed by atoms with Crippen LogP contribution in [0.3, 0.4) is 0 Å². The molecule has 1 saturated carbocycles. The molecule has 1 N–H and O–H groups in total. The molecule has 0 unspecified atom stereocenters. The third-order valence-corrected chi connectivity index (χ3v) is 7.61. The highest BCUT2D eigenvalue weighted by molar-refractivity contribution is 7.12. The lowest BCUT2D eigenvalue weighted by atomic mass is 9.91. The number of nitrogens with zero attached hydrogens (tertiary/aromatic N) is 1. The Bertz CT molecular complexity index is 975. The Morgan fingerprint density at radius 1 is 1.00 bits per heavy atom. The number of benzene rings is 1. The molecule has 0 spiro atoms. The Kier molecular flexibility index (Phi) is 7.20. The Balaban J connectivity index is 1.70. The summed E-state index contributed by atoms with van der Waals surface area (Å²) in [5.41, 5.74) is 2.00. The van der Waals surface area contributed by atoms with E-state index < -0.39 is 6.04 Å². The monoisotopic (exact) mass is 452 g/mol. The topological polar surface area (TPSA) is 49.4 Å². The van der Waals surface area contributed by atoms with Crippen molar-refractivity contribution in [3.05, 3.63) is 80.2 Å². The number of hydrogen-bond acceptors (Lipinski definition) is 4. The summed E-state index contributed by atoms with van der Waals surface area (Å²) in [4.78, 5) is 30.9. The molecule has 1 atom stereocenters. The van der Waals surface area contributed by atoms with E-state index in [1.807, 2.05) is 71.1 Å². The lowest BCUT2D eigenvalue weighted by Crippen LogP contribution is -2.49. The van der Waals surface area contributed by atoms with Crippen LogP contribution in [0.15, 0.2) is 59.3 Å². The van der Waals surface area contributed by atoms with Crippen LogP contribution in [0.25, 0.3) is 0 Å². The zero-order chi connectivity index (χ0) is 21.6. The van der Waals surface area contributed by atoms with Gasteiger partial charge in [0, 0.05) is 10.9 Å². The first-order chi connectivity index (χ1) is 15.1. The molecule has 0 bridgehead atoms. The highest BCUT2D eigenvalue weighted by Crippen LogP contribution is 2.33. The van der Waals surface area contributed by atoms with Crippen molar-refractivity contribution in [1.29, 1.82) is 0 Å². The van der Waals surface area contributed by atoms with E-state index in [-0.39, 0.29) is 17.9 Å². The lowest BCUT2D eigenvalue weighted by molar-refractivity contribution is -0.127. The van der Waals surface area contributed by atoms with Crippen LogP contribution < -0.4 is 5.32 Å². The highest BCUT2D eigenvalue weighted by Gasteiger charge is 2.37. The Hall–Kier alpha value is -2.44. The second-order valence-corrected chi connectivity index (χ2v) is 10.1. The van der Waals surface area contributed by atoms with E-state index in [1.165, 1.54) is 17.8 Å². The first kappa shape index (κ1) is 21.8. The van der Waals surface area contributed by atoms with Gasteiger partial charge in [0.1, 0.15) is 6.04 Å². The van der Waals surface area contributed by atoms with Gasteiger partial charge in [-0.2, -0.15) is 0 Å². The van der Waals surface area contributed by atoms with E-state index in [2.05, 4.69) is 5.32 Å². The van der Waals surface area contributed by atoms with E-state index in [9.17, 15) is 9.59 Å². The van der Waals surface area contributed by atoms with Crippen molar-refractivity contribution >= 4 is 34.5 Å². The van der Waals surface area contributed by atoms with Gasteiger partial charge in [0.15, 0.2) is 0 Å². The molecule has 162 valence electrons. The maximum Gasteiger partial charge on any atom is 0.265 e. The van der Waals surface area contributed by atoms with Gasteiger partial charge in [0.25, 0.3) is 5.91 Å². The fourth-order valence-corrected chi connectivity index (χ4v) is 5.56. The van der Waals surface area contributed by atoms with Gasteiger partial charge >= 0.3 is 0 Å². The van der Waals surface area contributed by atoms with Crippen molar-refractivity contribution in [3.63, 3.8) is 0 Å². The predicted molar refractivity (Wildman–Crippen MR) is 127 cm³/mol. The molecule has 1 aliphatic carbocycles. The van der Waals surface area contributed by atoms with Gasteiger partial charge in [0.05, 0.1) is 11.4 Å². The lowest BCUT2D eigenvalue weighted by Gasteiger charge is -2.39.